The first kappa shape index (κ1) is 12.9. The number of ether oxygens (including phenoxy) is 2. The lowest BCUT2D eigenvalue weighted by Gasteiger charge is -2.23. The predicted molar refractivity (Wildman–Crippen MR) is 75.3 cm³/mol. The first-order valence-corrected chi connectivity index (χ1v) is 7.15. The molecule has 2 N–H and O–H groups in total. The second-order valence-electron chi connectivity index (χ2n) is 6.53. The molecule has 3 unspecified atom stereocenters. The fraction of sp³-hybridized carbons (Fsp3) is 0.625. The molecule has 3 heteroatoms. The van der Waals surface area contributed by atoms with Crippen LogP contribution in [0.1, 0.15) is 44.4 Å². The molecule has 3 rings (SSSR count). The Labute approximate surface area is 115 Å². The van der Waals surface area contributed by atoms with Crippen molar-refractivity contribution in [2.24, 2.45) is 11.7 Å². The van der Waals surface area contributed by atoms with Gasteiger partial charge in [-0.3, -0.25) is 0 Å². The second kappa shape index (κ2) is 4.50. The Balaban J connectivity index is 1.83. The van der Waals surface area contributed by atoms with Gasteiger partial charge in [0.1, 0.15) is 11.4 Å². The first-order chi connectivity index (χ1) is 8.96. The lowest BCUT2D eigenvalue weighted by molar-refractivity contribution is 0.0725. The molecule has 0 spiro atoms. The smallest absolute Gasteiger partial charge is 0.123 e. The lowest BCUT2D eigenvalue weighted by atomic mass is 9.91. The highest BCUT2D eigenvalue weighted by atomic mass is 16.5. The van der Waals surface area contributed by atoms with Gasteiger partial charge in [0.25, 0.3) is 0 Å². The summed E-state index contributed by atoms with van der Waals surface area (Å²) in [7, 11) is 0. The third kappa shape index (κ3) is 2.37. The summed E-state index contributed by atoms with van der Waals surface area (Å²) in [5.74, 6) is 1.54. The zero-order valence-electron chi connectivity index (χ0n) is 12.0. The van der Waals surface area contributed by atoms with Crippen molar-refractivity contribution >= 4 is 0 Å². The summed E-state index contributed by atoms with van der Waals surface area (Å²) in [6, 6.07) is 6.30. The van der Waals surface area contributed by atoms with E-state index in [0.717, 1.165) is 25.2 Å². The maximum atomic E-state index is 6.39. The monoisotopic (exact) mass is 261 g/mol. The standard InChI is InChI=1S/C16H23NO2/c1-10-6-7-18-15(10)14(17)11-4-5-13-12(8-11)9-16(2,3)19-13/h4-5,8,10,14-15H,6-7,9,17H2,1-3H3. The van der Waals surface area contributed by atoms with Crippen LogP contribution < -0.4 is 10.5 Å². The summed E-state index contributed by atoms with van der Waals surface area (Å²) in [6.45, 7) is 7.29. The van der Waals surface area contributed by atoms with E-state index in [9.17, 15) is 0 Å². The lowest BCUT2D eigenvalue weighted by Crippen LogP contribution is -2.29. The van der Waals surface area contributed by atoms with Crippen LogP contribution in [0.15, 0.2) is 18.2 Å². The fourth-order valence-electron chi connectivity index (χ4n) is 3.20. The minimum Gasteiger partial charge on any atom is -0.487 e. The normalized spacial score (nSPS) is 29.9. The molecule has 19 heavy (non-hydrogen) atoms. The van der Waals surface area contributed by atoms with Crippen molar-refractivity contribution in [1.82, 2.24) is 0 Å². The van der Waals surface area contributed by atoms with Gasteiger partial charge in [-0.25, -0.2) is 0 Å². The molecule has 0 aliphatic carbocycles. The van der Waals surface area contributed by atoms with Crippen LogP contribution in [0.25, 0.3) is 0 Å². The van der Waals surface area contributed by atoms with Crippen LogP contribution in [-0.2, 0) is 11.2 Å². The molecule has 0 amide bonds. The Morgan fingerprint density at radius 1 is 1.37 bits per heavy atom. The van der Waals surface area contributed by atoms with Gasteiger partial charge in [0, 0.05) is 13.0 Å². The molecule has 1 saturated heterocycles. The summed E-state index contributed by atoms with van der Waals surface area (Å²) in [5.41, 5.74) is 8.72. The van der Waals surface area contributed by atoms with Crippen LogP contribution in [0, 0.1) is 5.92 Å². The summed E-state index contributed by atoms with van der Waals surface area (Å²) in [4.78, 5) is 0. The molecule has 1 fully saturated rings. The number of benzene rings is 1. The number of rotatable bonds is 2. The maximum Gasteiger partial charge on any atom is 0.123 e. The van der Waals surface area contributed by atoms with Crippen LogP contribution in [0.4, 0.5) is 0 Å². The van der Waals surface area contributed by atoms with Gasteiger partial charge in [-0.05, 0) is 43.4 Å². The van der Waals surface area contributed by atoms with E-state index in [1.807, 2.05) is 0 Å². The van der Waals surface area contributed by atoms with Crippen LogP contribution in [-0.4, -0.2) is 18.3 Å². The van der Waals surface area contributed by atoms with E-state index in [1.165, 1.54) is 11.1 Å². The van der Waals surface area contributed by atoms with E-state index in [1.54, 1.807) is 0 Å². The third-order valence-corrected chi connectivity index (χ3v) is 4.27. The highest BCUT2D eigenvalue weighted by molar-refractivity contribution is 5.42. The van der Waals surface area contributed by atoms with E-state index >= 15 is 0 Å². The predicted octanol–water partition coefficient (Wildman–Crippen LogP) is 2.82. The van der Waals surface area contributed by atoms with E-state index < -0.39 is 0 Å². The van der Waals surface area contributed by atoms with E-state index in [4.69, 9.17) is 15.2 Å². The minimum absolute atomic E-state index is 0.0356. The molecule has 0 bridgehead atoms. The zero-order valence-corrected chi connectivity index (χ0v) is 12.0. The van der Waals surface area contributed by atoms with Crippen LogP contribution in [0.2, 0.25) is 0 Å². The SMILES string of the molecule is CC1CCOC1C(N)c1ccc2c(c1)CC(C)(C)O2. The van der Waals surface area contributed by atoms with Crippen molar-refractivity contribution in [3.63, 3.8) is 0 Å². The fourth-order valence-corrected chi connectivity index (χ4v) is 3.20. The molecule has 104 valence electrons. The summed E-state index contributed by atoms with van der Waals surface area (Å²) in [5, 5.41) is 0. The molecule has 2 heterocycles. The van der Waals surface area contributed by atoms with Crippen molar-refractivity contribution in [3.8, 4) is 5.75 Å². The summed E-state index contributed by atoms with van der Waals surface area (Å²) in [6.07, 6.45) is 2.21. The topological polar surface area (TPSA) is 44.5 Å². The van der Waals surface area contributed by atoms with Gasteiger partial charge in [0.05, 0.1) is 12.1 Å². The van der Waals surface area contributed by atoms with Gasteiger partial charge < -0.3 is 15.2 Å². The van der Waals surface area contributed by atoms with Gasteiger partial charge >= 0.3 is 0 Å². The first-order valence-electron chi connectivity index (χ1n) is 7.15. The summed E-state index contributed by atoms with van der Waals surface area (Å²) < 4.78 is 11.7. The Morgan fingerprint density at radius 3 is 2.84 bits per heavy atom. The highest BCUT2D eigenvalue weighted by Crippen LogP contribution is 2.37. The minimum atomic E-state index is -0.0950. The molecule has 0 radical (unpaired) electrons. The Kier molecular flexibility index (Phi) is 3.06. The van der Waals surface area contributed by atoms with Crippen LogP contribution in [0.3, 0.4) is 0 Å². The van der Waals surface area contributed by atoms with Crippen molar-refractivity contribution < 1.29 is 9.47 Å². The Hall–Kier alpha value is -1.06. The van der Waals surface area contributed by atoms with E-state index in [2.05, 4.69) is 39.0 Å². The summed E-state index contributed by atoms with van der Waals surface area (Å²) >= 11 is 0. The molecule has 2 aliphatic rings. The Bertz CT molecular complexity index is 484. The van der Waals surface area contributed by atoms with E-state index in [-0.39, 0.29) is 17.7 Å². The van der Waals surface area contributed by atoms with Crippen molar-refractivity contribution in [3.05, 3.63) is 29.3 Å². The average molecular weight is 261 g/mol. The molecule has 2 aliphatic heterocycles. The average Bonchev–Trinajstić information content (AvgIpc) is 2.88. The maximum absolute atomic E-state index is 6.39. The van der Waals surface area contributed by atoms with Gasteiger partial charge in [0.2, 0.25) is 0 Å². The number of nitrogens with two attached hydrogens (primary N) is 1. The van der Waals surface area contributed by atoms with E-state index in [0.29, 0.717) is 5.92 Å². The number of fused-ring (bicyclic) bond motifs is 1. The molecule has 3 nitrogen and oxygen atoms in total. The van der Waals surface area contributed by atoms with Crippen LogP contribution >= 0.6 is 0 Å². The molecule has 3 atom stereocenters. The van der Waals surface area contributed by atoms with Gasteiger partial charge in [0.15, 0.2) is 0 Å². The van der Waals surface area contributed by atoms with Gasteiger partial charge in [-0.15, -0.1) is 0 Å². The number of hydrogen-bond donors (Lipinski definition) is 1. The van der Waals surface area contributed by atoms with Crippen molar-refractivity contribution in [2.75, 3.05) is 6.61 Å². The molecular formula is C16H23NO2. The largest absolute Gasteiger partial charge is 0.487 e. The number of hydrogen-bond acceptors (Lipinski definition) is 3. The molecular weight excluding hydrogens is 238 g/mol. The third-order valence-electron chi connectivity index (χ3n) is 4.27. The quantitative estimate of drug-likeness (QED) is 0.890. The molecule has 0 aromatic heterocycles. The Morgan fingerprint density at radius 2 is 2.16 bits per heavy atom. The van der Waals surface area contributed by atoms with Gasteiger partial charge in [-0.2, -0.15) is 0 Å². The van der Waals surface area contributed by atoms with Crippen LogP contribution in [0.5, 0.6) is 5.75 Å². The zero-order chi connectivity index (χ0) is 13.6. The van der Waals surface area contributed by atoms with Gasteiger partial charge in [-0.1, -0.05) is 19.1 Å². The highest BCUT2D eigenvalue weighted by Gasteiger charge is 2.33. The second-order valence-corrected chi connectivity index (χ2v) is 6.53. The van der Waals surface area contributed by atoms with Crippen molar-refractivity contribution in [1.29, 1.82) is 0 Å². The molecule has 0 saturated carbocycles. The van der Waals surface area contributed by atoms with Crippen molar-refractivity contribution in [2.45, 2.75) is 51.4 Å². The molecule has 1 aromatic rings. The molecule has 1 aromatic carbocycles.